The molecule has 1 atom stereocenters. The molecule has 0 saturated carbocycles. The molecule has 0 aliphatic heterocycles. The van der Waals surface area contributed by atoms with Gasteiger partial charge in [0.15, 0.2) is 0 Å². The van der Waals surface area contributed by atoms with Crippen LogP contribution in [0.4, 0.5) is 0 Å². The molecule has 1 unspecified atom stereocenters. The summed E-state index contributed by atoms with van der Waals surface area (Å²) in [5.74, 6) is 0. The number of unbranched alkanes of at least 4 members (excludes halogenated alkanes) is 1. The van der Waals surface area contributed by atoms with Gasteiger partial charge in [-0.05, 0) is 13.3 Å². The van der Waals surface area contributed by atoms with E-state index in [-0.39, 0.29) is 0 Å². The van der Waals surface area contributed by atoms with Crippen molar-refractivity contribution in [2.45, 2.75) is 33.0 Å². The number of ether oxygens (including phenoxy) is 1. The van der Waals surface area contributed by atoms with Crippen LogP contribution >= 0.6 is 0 Å². The van der Waals surface area contributed by atoms with E-state index in [2.05, 4.69) is 4.84 Å². The lowest BCUT2D eigenvalue weighted by atomic mass is 10.4. The lowest BCUT2D eigenvalue weighted by Crippen LogP contribution is -2.17. The topological polar surface area (TPSA) is 61.6 Å². The highest BCUT2D eigenvalue weighted by molar-refractivity contribution is 4.32. The molecule has 0 amide bonds. The van der Waals surface area contributed by atoms with Crippen molar-refractivity contribution in [2.75, 3.05) is 6.61 Å². The van der Waals surface area contributed by atoms with Crippen molar-refractivity contribution in [1.82, 2.24) is 0 Å². The molecule has 0 fully saturated rings. The standard InChI is InChI=1S/C6H13NO4/c1-3-4-5-10-6(2)11-7(8)9/h6H,3-5H2,1-2H3. The van der Waals surface area contributed by atoms with Crippen molar-refractivity contribution >= 4 is 0 Å². The average molecular weight is 163 g/mol. The van der Waals surface area contributed by atoms with Gasteiger partial charge in [0.25, 0.3) is 5.09 Å². The van der Waals surface area contributed by atoms with Gasteiger partial charge in [-0.3, -0.25) is 4.84 Å². The van der Waals surface area contributed by atoms with Crippen LogP contribution in [-0.4, -0.2) is 18.0 Å². The quantitative estimate of drug-likeness (QED) is 0.256. The first-order valence-electron chi connectivity index (χ1n) is 3.59. The molecular formula is C6H13NO4. The molecule has 5 heteroatoms. The van der Waals surface area contributed by atoms with Crippen molar-refractivity contribution in [3.8, 4) is 0 Å². The molecule has 0 saturated heterocycles. The SMILES string of the molecule is CCCCOC(C)O[N+](=O)[O-]. The monoisotopic (exact) mass is 163 g/mol. The van der Waals surface area contributed by atoms with E-state index in [1.54, 1.807) is 0 Å². The van der Waals surface area contributed by atoms with Gasteiger partial charge in [0.05, 0.1) is 0 Å². The normalized spacial score (nSPS) is 12.5. The maximum absolute atomic E-state index is 9.75. The molecule has 0 aliphatic rings. The fourth-order valence-corrected chi connectivity index (χ4v) is 0.545. The summed E-state index contributed by atoms with van der Waals surface area (Å²) < 4.78 is 4.93. The molecule has 0 spiro atoms. The smallest absolute Gasteiger partial charge is 0.297 e. The first-order chi connectivity index (χ1) is 5.16. The van der Waals surface area contributed by atoms with Gasteiger partial charge in [-0.25, -0.2) is 0 Å². The van der Waals surface area contributed by atoms with E-state index in [0.717, 1.165) is 12.8 Å². The fraction of sp³-hybridized carbons (Fsp3) is 1.00. The van der Waals surface area contributed by atoms with E-state index in [9.17, 15) is 10.1 Å². The van der Waals surface area contributed by atoms with E-state index < -0.39 is 11.4 Å². The van der Waals surface area contributed by atoms with Crippen molar-refractivity contribution < 1.29 is 14.7 Å². The summed E-state index contributed by atoms with van der Waals surface area (Å²) >= 11 is 0. The van der Waals surface area contributed by atoms with Crippen LogP contribution in [0.1, 0.15) is 26.7 Å². The van der Waals surface area contributed by atoms with Crippen LogP contribution in [0.25, 0.3) is 0 Å². The van der Waals surface area contributed by atoms with Gasteiger partial charge in [0.1, 0.15) is 0 Å². The van der Waals surface area contributed by atoms with Crippen LogP contribution in [0.2, 0.25) is 0 Å². The second-order valence-corrected chi connectivity index (χ2v) is 2.12. The molecule has 0 N–H and O–H groups in total. The van der Waals surface area contributed by atoms with E-state index in [0.29, 0.717) is 6.61 Å². The van der Waals surface area contributed by atoms with E-state index in [4.69, 9.17) is 4.74 Å². The predicted octanol–water partition coefficient (Wildman–Crippen LogP) is 1.36. The largest absolute Gasteiger partial charge is 0.353 e. The molecule has 0 aliphatic carbocycles. The molecule has 0 aromatic carbocycles. The van der Waals surface area contributed by atoms with Crippen LogP contribution in [0, 0.1) is 10.1 Å². The Morgan fingerprint density at radius 1 is 1.64 bits per heavy atom. The van der Waals surface area contributed by atoms with Crippen LogP contribution < -0.4 is 0 Å². The summed E-state index contributed by atoms with van der Waals surface area (Å²) in [6.07, 6.45) is 1.15. The highest BCUT2D eigenvalue weighted by Gasteiger charge is 2.04. The highest BCUT2D eigenvalue weighted by Crippen LogP contribution is 1.96. The lowest BCUT2D eigenvalue weighted by Gasteiger charge is -2.09. The van der Waals surface area contributed by atoms with Gasteiger partial charge in [-0.1, -0.05) is 13.3 Å². The molecule has 66 valence electrons. The van der Waals surface area contributed by atoms with Gasteiger partial charge >= 0.3 is 0 Å². The maximum Gasteiger partial charge on any atom is 0.297 e. The molecule has 0 rings (SSSR count). The first-order valence-corrected chi connectivity index (χ1v) is 3.59. The minimum atomic E-state index is -0.851. The van der Waals surface area contributed by atoms with Crippen LogP contribution in [0.15, 0.2) is 0 Å². The van der Waals surface area contributed by atoms with Gasteiger partial charge < -0.3 is 4.74 Å². The number of hydrogen-bond acceptors (Lipinski definition) is 4. The Labute approximate surface area is 65.4 Å². The zero-order valence-electron chi connectivity index (χ0n) is 6.78. The predicted molar refractivity (Wildman–Crippen MR) is 38.4 cm³/mol. The number of rotatable bonds is 6. The summed E-state index contributed by atoms with van der Waals surface area (Å²) in [4.78, 5) is 13.8. The molecule has 0 bridgehead atoms. The molecule has 0 heterocycles. The zero-order chi connectivity index (χ0) is 8.69. The lowest BCUT2D eigenvalue weighted by molar-refractivity contribution is -0.779. The molecule has 0 radical (unpaired) electrons. The number of nitrogens with zero attached hydrogens (tertiary/aromatic N) is 1. The summed E-state index contributed by atoms with van der Waals surface area (Å²) in [6.45, 7) is 4.02. The summed E-state index contributed by atoms with van der Waals surface area (Å²) in [5, 5.41) is 8.90. The van der Waals surface area contributed by atoms with Crippen LogP contribution in [0.5, 0.6) is 0 Å². The summed E-state index contributed by atoms with van der Waals surface area (Å²) in [6, 6.07) is 0. The summed E-state index contributed by atoms with van der Waals surface area (Å²) in [7, 11) is 0. The highest BCUT2D eigenvalue weighted by atomic mass is 17.0. The Hall–Kier alpha value is -0.840. The molecule has 5 nitrogen and oxygen atoms in total. The Morgan fingerprint density at radius 2 is 2.27 bits per heavy atom. The third kappa shape index (κ3) is 7.05. The third-order valence-electron chi connectivity index (χ3n) is 1.08. The van der Waals surface area contributed by atoms with Gasteiger partial charge in [0.2, 0.25) is 6.29 Å². The Kier molecular flexibility index (Phi) is 5.46. The second kappa shape index (κ2) is 5.91. The van der Waals surface area contributed by atoms with Crippen molar-refractivity contribution in [1.29, 1.82) is 0 Å². The Bertz CT molecular complexity index is 117. The minimum Gasteiger partial charge on any atom is -0.353 e. The van der Waals surface area contributed by atoms with Crippen molar-refractivity contribution in [2.24, 2.45) is 0 Å². The van der Waals surface area contributed by atoms with E-state index in [1.165, 1.54) is 6.92 Å². The van der Waals surface area contributed by atoms with E-state index in [1.807, 2.05) is 6.92 Å². The van der Waals surface area contributed by atoms with Gasteiger partial charge in [-0.2, -0.15) is 0 Å². The fourth-order valence-electron chi connectivity index (χ4n) is 0.545. The molecule has 0 aromatic heterocycles. The zero-order valence-corrected chi connectivity index (χ0v) is 6.78. The molecule has 0 aromatic rings. The Morgan fingerprint density at radius 3 is 2.73 bits per heavy atom. The Balaban J connectivity index is 3.22. The van der Waals surface area contributed by atoms with E-state index >= 15 is 0 Å². The average Bonchev–Trinajstić information content (AvgIpc) is 1.86. The van der Waals surface area contributed by atoms with Crippen molar-refractivity contribution in [3.63, 3.8) is 0 Å². The number of hydrogen-bond donors (Lipinski definition) is 0. The van der Waals surface area contributed by atoms with Gasteiger partial charge in [0, 0.05) is 6.61 Å². The van der Waals surface area contributed by atoms with Crippen LogP contribution in [0.3, 0.4) is 0 Å². The first kappa shape index (κ1) is 10.2. The third-order valence-corrected chi connectivity index (χ3v) is 1.08. The second-order valence-electron chi connectivity index (χ2n) is 2.12. The van der Waals surface area contributed by atoms with Crippen molar-refractivity contribution in [3.05, 3.63) is 10.1 Å². The minimum absolute atomic E-state index is 0.505. The molecular weight excluding hydrogens is 150 g/mol. The summed E-state index contributed by atoms with van der Waals surface area (Å²) in [5.41, 5.74) is 0. The molecule has 11 heavy (non-hydrogen) atoms. The maximum atomic E-state index is 9.75. The van der Waals surface area contributed by atoms with Crippen LogP contribution in [-0.2, 0) is 9.57 Å². The van der Waals surface area contributed by atoms with Gasteiger partial charge in [-0.15, -0.1) is 10.1 Å².